The van der Waals surface area contributed by atoms with E-state index in [0.29, 0.717) is 13.0 Å². The van der Waals surface area contributed by atoms with Gasteiger partial charge in [0.15, 0.2) is 0 Å². The number of aromatic nitrogens is 2. The molecule has 0 radical (unpaired) electrons. The van der Waals surface area contributed by atoms with Gasteiger partial charge in [0.25, 0.3) is 0 Å². The summed E-state index contributed by atoms with van der Waals surface area (Å²) in [5, 5.41) is 4.51. The van der Waals surface area contributed by atoms with Crippen LogP contribution in [0.15, 0.2) is 18.2 Å². The van der Waals surface area contributed by atoms with Crippen molar-refractivity contribution in [1.82, 2.24) is 9.78 Å². The second-order valence-corrected chi connectivity index (χ2v) is 4.52. The predicted molar refractivity (Wildman–Crippen MR) is 70.5 cm³/mol. The van der Waals surface area contributed by atoms with Gasteiger partial charge in [-0.15, -0.1) is 0 Å². The highest BCUT2D eigenvalue weighted by molar-refractivity contribution is 5.44. The smallest absolute Gasteiger partial charge is 0.123 e. The van der Waals surface area contributed by atoms with Gasteiger partial charge in [-0.25, -0.2) is 9.07 Å². The number of halogens is 1. The molecule has 2 rings (SSSR count). The van der Waals surface area contributed by atoms with Crippen LogP contribution in [0.1, 0.15) is 22.5 Å². The lowest BCUT2D eigenvalue weighted by atomic mass is 10.1. The number of nitrogens with zero attached hydrogens (tertiary/aromatic N) is 2. The third-order valence-corrected chi connectivity index (χ3v) is 3.34. The first-order valence-corrected chi connectivity index (χ1v) is 6.06. The molecule has 2 N–H and O–H groups in total. The summed E-state index contributed by atoms with van der Waals surface area (Å²) in [4.78, 5) is 0. The highest BCUT2D eigenvalue weighted by Crippen LogP contribution is 2.21. The first-order valence-electron chi connectivity index (χ1n) is 6.06. The molecule has 0 unspecified atom stereocenters. The van der Waals surface area contributed by atoms with Gasteiger partial charge in [0, 0.05) is 5.69 Å². The zero-order valence-electron chi connectivity index (χ0n) is 11.0. The summed E-state index contributed by atoms with van der Waals surface area (Å²) in [5.41, 5.74) is 10.6. The Kier molecular flexibility index (Phi) is 3.48. The first-order chi connectivity index (χ1) is 8.54. The van der Waals surface area contributed by atoms with E-state index in [2.05, 4.69) is 5.10 Å². The molecule has 0 saturated heterocycles. The average molecular weight is 247 g/mol. The Balaban J connectivity index is 2.59. The lowest BCUT2D eigenvalue weighted by molar-refractivity contribution is 0.623. The van der Waals surface area contributed by atoms with Gasteiger partial charge in [0.2, 0.25) is 0 Å². The van der Waals surface area contributed by atoms with E-state index in [9.17, 15) is 4.39 Å². The fourth-order valence-electron chi connectivity index (χ4n) is 2.07. The zero-order chi connectivity index (χ0) is 13.3. The van der Waals surface area contributed by atoms with Crippen molar-refractivity contribution >= 4 is 0 Å². The molecule has 0 spiro atoms. The number of hydrogen-bond acceptors (Lipinski definition) is 2. The van der Waals surface area contributed by atoms with Crippen molar-refractivity contribution in [3.63, 3.8) is 0 Å². The van der Waals surface area contributed by atoms with E-state index in [-0.39, 0.29) is 5.82 Å². The molecule has 96 valence electrons. The largest absolute Gasteiger partial charge is 0.330 e. The molecule has 1 aromatic heterocycles. The Bertz CT molecular complexity index is 573. The van der Waals surface area contributed by atoms with E-state index in [1.807, 2.05) is 25.5 Å². The van der Waals surface area contributed by atoms with Gasteiger partial charge >= 0.3 is 0 Å². The van der Waals surface area contributed by atoms with E-state index in [0.717, 1.165) is 28.2 Å². The minimum Gasteiger partial charge on any atom is -0.330 e. The summed E-state index contributed by atoms with van der Waals surface area (Å²) < 4.78 is 15.2. The first kappa shape index (κ1) is 12.8. The van der Waals surface area contributed by atoms with Gasteiger partial charge in [-0.1, -0.05) is 0 Å². The lowest BCUT2D eigenvalue weighted by Crippen LogP contribution is -2.09. The standard InChI is InChI=1S/C14H18FN3/c1-9-10(2)17-18(11(9)3)14-5-4-13(15)8-12(14)6-7-16/h4-5,8H,6-7,16H2,1-3H3. The highest BCUT2D eigenvalue weighted by atomic mass is 19.1. The highest BCUT2D eigenvalue weighted by Gasteiger charge is 2.12. The number of benzene rings is 1. The van der Waals surface area contributed by atoms with Crippen molar-refractivity contribution in [2.24, 2.45) is 5.73 Å². The van der Waals surface area contributed by atoms with Crippen LogP contribution >= 0.6 is 0 Å². The summed E-state index contributed by atoms with van der Waals surface area (Å²) in [6.07, 6.45) is 0.643. The van der Waals surface area contributed by atoms with E-state index in [1.54, 1.807) is 6.07 Å². The molecule has 1 aromatic carbocycles. The van der Waals surface area contributed by atoms with Gasteiger partial charge in [-0.2, -0.15) is 5.10 Å². The lowest BCUT2D eigenvalue weighted by Gasteiger charge is -2.11. The SMILES string of the molecule is Cc1nn(-c2ccc(F)cc2CCN)c(C)c1C. The molecule has 0 aliphatic heterocycles. The van der Waals surface area contributed by atoms with Crippen molar-refractivity contribution in [3.8, 4) is 5.69 Å². The number of rotatable bonds is 3. The van der Waals surface area contributed by atoms with Crippen molar-refractivity contribution in [2.45, 2.75) is 27.2 Å². The minimum atomic E-state index is -0.236. The molecule has 0 aliphatic rings. The summed E-state index contributed by atoms with van der Waals surface area (Å²) in [7, 11) is 0. The van der Waals surface area contributed by atoms with Gasteiger partial charge in [0.1, 0.15) is 5.82 Å². The molecule has 0 bridgehead atoms. The van der Waals surface area contributed by atoms with Crippen LogP contribution in [0.3, 0.4) is 0 Å². The van der Waals surface area contributed by atoms with Gasteiger partial charge in [-0.3, -0.25) is 0 Å². The molecule has 0 aliphatic carbocycles. The molecule has 2 aromatic rings. The second-order valence-electron chi connectivity index (χ2n) is 4.52. The van der Waals surface area contributed by atoms with E-state index >= 15 is 0 Å². The van der Waals surface area contributed by atoms with Crippen LogP contribution < -0.4 is 5.73 Å². The van der Waals surface area contributed by atoms with Gasteiger partial charge in [0.05, 0.1) is 11.4 Å². The Morgan fingerprint density at radius 2 is 2.00 bits per heavy atom. The van der Waals surface area contributed by atoms with Crippen LogP contribution in [-0.2, 0) is 6.42 Å². The van der Waals surface area contributed by atoms with Crippen molar-refractivity contribution in [3.05, 3.63) is 46.5 Å². The van der Waals surface area contributed by atoms with Crippen LogP contribution in [0.2, 0.25) is 0 Å². The Morgan fingerprint density at radius 3 is 2.56 bits per heavy atom. The normalized spacial score (nSPS) is 10.9. The molecular formula is C14H18FN3. The summed E-state index contributed by atoms with van der Waals surface area (Å²) in [6, 6.07) is 4.76. The molecular weight excluding hydrogens is 229 g/mol. The molecule has 0 atom stereocenters. The Labute approximate surface area is 106 Å². The molecule has 18 heavy (non-hydrogen) atoms. The van der Waals surface area contributed by atoms with Crippen molar-refractivity contribution in [1.29, 1.82) is 0 Å². The summed E-state index contributed by atoms with van der Waals surface area (Å²) in [6.45, 7) is 6.53. The van der Waals surface area contributed by atoms with Crippen molar-refractivity contribution < 1.29 is 4.39 Å². The second kappa shape index (κ2) is 4.90. The van der Waals surface area contributed by atoms with Crippen LogP contribution in [-0.4, -0.2) is 16.3 Å². The van der Waals surface area contributed by atoms with Crippen molar-refractivity contribution in [2.75, 3.05) is 6.54 Å². The summed E-state index contributed by atoms with van der Waals surface area (Å²) in [5.74, 6) is -0.236. The quantitative estimate of drug-likeness (QED) is 0.905. The maximum atomic E-state index is 13.3. The molecule has 3 nitrogen and oxygen atoms in total. The maximum Gasteiger partial charge on any atom is 0.123 e. The topological polar surface area (TPSA) is 43.8 Å². The fourth-order valence-corrected chi connectivity index (χ4v) is 2.07. The van der Waals surface area contributed by atoms with Crippen LogP contribution in [0.5, 0.6) is 0 Å². The molecule has 1 heterocycles. The Morgan fingerprint density at radius 1 is 1.28 bits per heavy atom. The predicted octanol–water partition coefficient (Wildman–Crippen LogP) is 2.44. The van der Waals surface area contributed by atoms with E-state index < -0.39 is 0 Å². The van der Waals surface area contributed by atoms with Crippen LogP contribution in [0.25, 0.3) is 5.69 Å². The zero-order valence-corrected chi connectivity index (χ0v) is 11.0. The van der Waals surface area contributed by atoms with E-state index in [4.69, 9.17) is 5.73 Å². The summed E-state index contributed by atoms with van der Waals surface area (Å²) >= 11 is 0. The average Bonchev–Trinajstić information content (AvgIpc) is 2.58. The van der Waals surface area contributed by atoms with Gasteiger partial charge in [-0.05, 0) is 63.1 Å². The molecule has 0 amide bonds. The van der Waals surface area contributed by atoms with E-state index in [1.165, 1.54) is 12.1 Å². The molecule has 0 fully saturated rings. The van der Waals surface area contributed by atoms with Gasteiger partial charge < -0.3 is 5.73 Å². The maximum absolute atomic E-state index is 13.3. The number of hydrogen-bond donors (Lipinski definition) is 1. The Hall–Kier alpha value is -1.68. The fraction of sp³-hybridized carbons (Fsp3) is 0.357. The third kappa shape index (κ3) is 2.16. The third-order valence-electron chi connectivity index (χ3n) is 3.34. The van der Waals surface area contributed by atoms with Crippen LogP contribution in [0, 0.1) is 26.6 Å². The minimum absolute atomic E-state index is 0.236. The monoisotopic (exact) mass is 247 g/mol. The molecule has 4 heteroatoms. The number of nitrogens with two attached hydrogens (primary N) is 1. The molecule has 0 saturated carbocycles. The number of aryl methyl sites for hydroxylation is 1. The van der Waals surface area contributed by atoms with Crippen LogP contribution in [0.4, 0.5) is 4.39 Å².